The second-order valence-corrected chi connectivity index (χ2v) is 6.75. The third-order valence-corrected chi connectivity index (χ3v) is 4.71. The van der Waals surface area contributed by atoms with Gasteiger partial charge in [-0.05, 0) is 36.2 Å². The first-order valence-corrected chi connectivity index (χ1v) is 9.41. The summed E-state index contributed by atoms with van der Waals surface area (Å²) in [7, 11) is 1.42. The molecule has 8 nitrogen and oxygen atoms in total. The Balaban J connectivity index is 1.62. The normalized spacial score (nSPS) is 10.9. The molecule has 2 heterocycles. The van der Waals surface area contributed by atoms with Crippen molar-refractivity contribution in [2.24, 2.45) is 0 Å². The van der Waals surface area contributed by atoms with Crippen molar-refractivity contribution in [3.05, 3.63) is 63.5 Å². The van der Waals surface area contributed by atoms with Crippen molar-refractivity contribution < 1.29 is 13.5 Å². The van der Waals surface area contributed by atoms with E-state index in [1.807, 2.05) is 6.92 Å². The minimum absolute atomic E-state index is 0.143. The molecule has 0 unspecified atom stereocenters. The maximum atomic E-state index is 14.8. The van der Waals surface area contributed by atoms with Gasteiger partial charge < -0.3 is 19.8 Å². The van der Waals surface area contributed by atoms with E-state index in [9.17, 15) is 9.18 Å². The number of oxazole rings is 1. The fraction of sp³-hybridized carbons (Fsp3) is 0.150. The molecule has 0 aliphatic carbocycles. The van der Waals surface area contributed by atoms with Crippen LogP contribution in [0.1, 0.15) is 12.5 Å². The Morgan fingerprint density at radius 3 is 2.87 bits per heavy atom. The number of H-pyrrole nitrogens is 1. The van der Waals surface area contributed by atoms with Gasteiger partial charge >= 0.3 is 5.76 Å². The summed E-state index contributed by atoms with van der Waals surface area (Å²) < 4.78 is 24.9. The SMILES string of the molecule is CCc1ccc(Nc2ncc(Cl)c(Nc3ccc4oc(=O)[nH]c4c3)n2)c(F)c1OC. The number of nitrogens with one attached hydrogen (secondary N) is 3. The van der Waals surface area contributed by atoms with Crippen LogP contribution < -0.4 is 21.1 Å². The molecular formula is C20H17ClFN5O3. The van der Waals surface area contributed by atoms with Gasteiger partial charge in [-0.2, -0.15) is 4.98 Å². The summed E-state index contributed by atoms with van der Waals surface area (Å²) >= 11 is 6.20. The lowest BCUT2D eigenvalue weighted by molar-refractivity contribution is 0.383. The lowest BCUT2D eigenvalue weighted by atomic mass is 10.1. The van der Waals surface area contributed by atoms with Crippen LogP contribution >= 0.6 is 11.6 Å². The number of hydrogen-bond donors (Lipinski definition) is 3. The summed E-state index contributed by atoms with van der Waals surface area (Å²) in [5.74, 6) is -0.446. The number of anilines is 4. The Hall–Kier alpha value is -3.59. The summed E-state index contributed by atoms with van der Waals surface area (Å²) in [6, 6.07) is 8.41. The number of rotatable bonds is 6. The summed E-state index contributed by atoms with van der Waals surface area (Å²) in [5, 5.41) is 6.16. The quantitative estimate of drug-likeness (QED) is 0.405. The molecule has 3 N–H and O–H groups in total. The van der Waals surface area contributed by atoms with Gasteiger partial charge in [-0.25, -0.2) is 14.2 Å². The molecule has 0 amide bonds. The molecule has 154 valence electrons. The number of aromatic amines is 1. The minimum Gasteiger partial charge on any atom is -0.493 e. The molecule has 0 atom stereocenters. The van der Waals surface area contributed by atoms with Crippen molar-refractivity contribution >= 4 is 45.8 Å². The highest BCUT2D eigenvalue weighted by Crippen LogP contribution is 2.31. The van der Waals surface area contributed by atoms with Gasteiger partial charge in [0.1, 0.15) is 5.02 Å². The highest BCUT2D eigenvalue weighted by atomic mass is 35.5. The fourth-order valence-electron chi connectivity index (χ4n) is 2.99. The van der Waals surface area contributed by atoms with Gasteiger partial charge in [0.05, 0.1) is 24.5 Å². The number of halogens is 2. The molecule has 30 heavy (non-hydrogen) atoms. The summed E-state index contributed by atoms with van der Waals surface area (Å²) in [5.41, 5.74) is 2.51. The molecular weight excluding hydrogens is 413 g/mol. The molecule has 2 aromatic heterocycles. The van der Waals surface area contributed by atoms with E-state index in [1.165, 1.54) is 13.3 Å². The third-order valence-electron chi connectivity index (χ3n) is 4.44. The number of fused-ring (bicyclic) bond motifs is 1. The van der Waals surface area contributed by atoms with Gasteiger partial charge in [-0.15, -0.1) is 0 Å². The first-order chi connectivity index (χ1) is 14.5. The lowest BCUT2D eigenvalue weighted by Gasteiger charge is -2.13. The Kier molecular flexibility index (Phi) is 5.28. The van der Waals surface area contributed by atoms with Crippen LogP contribution in [0.5, 0.6) is 5.75 Å². The average Bonchev–Trinajstić information content (AvgIpc) is 3.11. The largest absolute Gasteiger partial charge is 0.493 e. The van der Waals surface area contributed by atoms with Crippen LogP contribution in [0.25, 0.3) is 11.1 Å². The molecule has 4 rings (SSSR count). The first-order valence-electron chi connectivity index (χ1n) is 9.03. The van der Waals surface area contributed by atoms with Crippen molar-refractivity contribution in [3.8, 4) is 5.75 Å². The van der Waals surface area contributed by atoms with E-state index in [2.05, 4.69) is 25.6 Å². The van der Waals surface area contributed by atoms with Crippen molar-refractivity contribution in [3.63, 3.8) is 0 Å². The molecule has 2 aromatic carbocycles. The molecule has 0 fully saturated rings. The molecule has 0 saturated heterocycles. The predicted octanol–water partition coefficient (Wildman–Crippen LogP) is 4.76. The van der Waals surface area contributed by atoms with Crippen molar-refractivity contribution in [2.45, 2.75) is 13.3 Å². The standard InChI is InChI=1S/C20H17ClFN5O3/c1-3-10-4-6-13(16(22)17(10)29-2)25-19-23-9-12(21)18(27-19)24-11-5-7-15-14(8-11)26-20(28)30-15/h4-9H,3H2,1-2H3,(H,26,28)(H2,23,24,25,27). The lowest BCUT2D eigenvalue weighted by Crippen LogP contribution is -2.04. The van der Waals surface area contributed by atoms with E-state index >= 15 is 0 Å². The molecule has 0 aliphatic rings. The second kappa shape index (κ2) is 8.03. The van der Waals surface area contributed by atoms with E-state index in [0.717, 1.165) is 5.56 Å². The molecule has 0 spiro atoms. The highest BCUT2D eigenvalue weighted by molar-refractivity contribution is 6.32. The first kappa shape index (κ1) is 19.7. The topological polar surface area (TPSA) is 105 Å². The van der Waals surface area contributed by atoms with E-state index in [-0.39, 0.29) is 22.4 Å². The Labute approximate surface area is 175 Å². The maximum absolute atomic E-state index is 14.8. The molecule has 10 heteroatoms. The van der Waals surface area contributed by atoms with Gasteiger partial charge in [0.2, 0.25) is 5.95 Å². The zero-order valence-corrected chi connectivity index (χ0v) is 16.8. The van der Waals surface area contributed by atoms with Crippen LogP contribution in [0, 0.1) is 5.82 Å². The van der Waals surface area contributed by atoms with Crippen molar-refractivity contribution in [2.75, 3.05) is 17.7 Å². The summed E-state index contributed by atoms with van der Waals surface area (Å²) in [6.07, 6.45) is 2.03. The fourth-order valence-corrected chi connectivity index (χ4v) is 3.13. The highest BCUT2D eigenvalue weighted by Gasteiger charge is 2.15. The Morgan fingerprint density at radius 1 is 1.27 bits per heavy atom. The van der Waals surface area contributed by atoms with Gasteiger partial charge in [-0.3, -0.25) is 4.98 Å². The van der Waals surface area contributed by atoms with Gasteiger partial charge in [-0.1, -0.05) is 24.6 Å². The summed E-state index contributed by atoms with van der Waals surface area (Å²) in [4.78, 5) is 22.3. The van der Waals surface area contributed by atoms with E-state index in [4.69, 9.17) is 20.8 Å². The molecule has 4 aromatic rings. The maximum Gasteiger partial charge on any atom is 0.417 e. The van der Waals surface area contributed by atoms with E-state index < -0.39 is 11.6 Å². The number of benzene rings is 2. The van der Waals surface area contributed by atoms with Crippen LogP contribution in [-0.2, 0) is 6.42 Å². The predicted molar refractivity (Wildman–Crippen MR) is 113 cm³/mol. The number of hydrogen-bond acceptors (Lipinski definition) is 7. The zero-order chi connectivity index (χ0) is 21.3. The number of ether oxygens (including phenoxy) is 1. The number of nitrogens with zero attached hydrogens (tertiary/aromatic N) is 2. The molecule has 0 bridgehead atoms. The van der Waals surface area contributed by atoms with Gasteiger partial charge in [0, 0.05) is 5.69 Å². The van der Waals surface area contributed by atoms with Crippen molar-refractivity contribution in [1.29, 1.82) is 0 Å². The van der Waals surface area contributed by atoms with Crippen LogP contribution in [0.3, 0.4) is 0 Å². The Bertz CT molecular complexity index is 1290. The van der Waals surface area contributed by atoms with Crippen LogP contribution in [0.2, 0.25) is 5.02 Å². The monoisotopic (exact) mass is 429 g/mol. The van der Waals surface area contributed by atoms with E-state index in [1.54, 1.807) is 30.3 Å². The number of methoxy groups -OCH3 is 1. The average molecular weight is 430 g/mol. The smallest absolute Gasteiger partial charge is 0.417 e. The number of aromatic nitrogens is 3. The van der Waals surface area contributed by atoms with E-state index in [0.29, 0.717) is 29.0 Å². The van der Waals surface area contributed by atoms with Gasteiger partial charge in [0.15, 0.2) is 23.0 Å². The minimum atomic E-state index is -0.541. The molecule has 0 aliphatic heterocycles. The van der Waals surface area contributed by atoms with Crippen molar-refractivity contribution in [1.82, 2.24) is 15.0 Å². The van der Waals surface area contributed by atoms with Gasteiger partial charge in [0.25, 0.3) is 0 Å². The molecule has 0 saturated carbocycles. The summed E-state index contributed by atoms with van der Waals surface area (Å²) in [6.45, 7) is 1.92. The Morgan fingerprint density at radius 2 is 2.10 bits per heavy atom. The zero-order valence-electron chi connectivity index (χ0n) is 16.0. The molecule has 0 radical (unpaired) electrons. The van der Waals surface area contributed by atoms with Crippen LogP contribution in [-0.4, -0.2) is 22.1 Å². The van der Waals surface area contributed by atoms with Crippen LogP contribution in [0.15, 0.2) is 45.7 Å². The second-order valence-electron chi connectivity index (χ2n) is 6.34. The van der Waals surface area contributed by atoms with Crippen LogP contribution in [0.4, 0.5) is 27.5 Å². The number of aryl methyl sites for hydroxylation is 1. The third kappa shape index (κ3) is 3.79.